The molecule has 0 saturated carbocycles. The molecule has 0 amide bonds. The zero-order chi connectivity index (χ0) is 18.5. The van der Waals surface area contributed by atoms with Gasteiger partial charge >= 0.3 is 0 Å². The van der Waals surface area contributed by atoms with E-state index < -0.39 is 0 Å². The van der Waals surface area contributed by atoms with Crippen LogP contribution >= 0.6 is 0 Å². The van der Waals surface area contributed by atoms with Crippen LogP contribution in [-0.4, -0.2) is 33.5 Å². The summed E-state index contributed by atoms with van der Waals surface area (Å²) in [6, 6.07) is 14.2. The van der Waals surface area contributed by atoms with Gasteiger partial charge in [-0.3, -0.25) is 9.58 Å². The van der Waals surface area contributed by atoms with E-state index in [4.69, 9.17) is 9.84 Å². The Balaban J connectivity index is 1.64. The fraction of sp³-hybridized carbons (Fsp3) is 0.238. The molecule has 6 heteroatoms. The number of nitrogens with zero attached hydrogens (tertiary/aromatic N) is 4. The Bertz CT molecular complexity index is 917. The molecule has 1 aliphatic rings. The summed E-state index contributed by atoms with van der Waals surface area (Å²) < 4.78 is 21.3. The maximum absolute atomic E-state index is 13.4. The second-order valence-corrected chi connectivity index (χ2v) is 6.47. The zero-order valence-electron chi connectivity index (χ0n) is 15.0. The van der Waals surface area contributed by atoms with Gasteiger partial charge in [-0.15, -0.1) is 0 Å². The first-order chi connectivity index (χ1) is 13.3. The maximum Gasteiger partial charge on any atom is 0.169 e. The van der Waals surface area contributed by atoms with Crippen molar-refractivity contribution in [2.75, 3.05) is 13.1 Å². The molecule has 4 rings (SSSR count). The Morgan fingerprint density at radius 1 is 1.11 bits per heavy atom. The minimum atomic E-state index is -0.265. The standard InChI is InChI=1S/C21H21FN4O/c22-18-7-5-6-17(14-18)15-27-20-9-2-1-8-19(20)21(25-13-10-23-16-25)24-26-11-3-4-12-26/h1-2,5-10,13-14,16H,3-4,11-12,15H2/b24-21-. The maximum atomic E-state index is 13.4. The SMILES string of the molecule is Fc1cccc(COc2ccccc2/C(=N/N2CCCC2)n2ccnc2)c1. The molecular formula is C21H21FN4O. The number of hydrazone groups is 1. The van der Waals surface area contributed by atoms with Gasteiger partial charge in [0, 0.05) is 25.5 Å². The summed E-state index contributed by atoms with van der Waals surface area (Å²) in [5.41, 5.74) is 1.66. The second-order valence-electron chi connectivity index (χ2n) is 6.47. The van der Waals surface area contributed by atoms with Crippen LogP contribution in [0.4, 0.5) is 4.39 Å². The molecule has 0 aliphatic carbocycles. The van der Waals surface area contributed by atoms with Crippen LogP contribution < -0.4 is 4.74 Å². The summed E-state index contributed by atoms with van der Waals surface area (Å²) in [5, 5.41) is 6.93. The number of benzene rings is 2. The molecule has 0 unspecified atom stereocenters. The fourth-order valence-electron chi connectivity index (χ4n) is 3.13. The van der Waals surface area contributed by atoms with Gasteiger partial charge < -0.3 is 4.74 Å². The van der Waals surface area contributed by atoms with Gasteiger partial charge in [0.05, 0.1) is 5.56 Å². The van der Waals surface area contributed by atoms with Crippen molar-refractivity contribution in [1.29, 1.82) is 0 Å². The quantitative estimate of drug-likeness (QED) is 0.509. The van der Waals surface area contributed by atoms with E-state index in [0.717, 1.165) is 42.9 Å². The predicted octanol–water partition coefficient (Wildman–Crippen LogP) is 3.91. The predicted molar refractivity (Wildman–Crippen MR) is 102 cm³/mol. The average Bonchev–Trinajstić information content (AvgIpc) is 3.39. The fourth-order valence-corrected chi connectivity index (χ4v) is 3.13. The lowest BCUT2D eigenvalue weighted by molar-refractivity contribution is 0.304. The molecule has 138 valence electrons. The van der Waals surface area contributed by atoms with Gasteiger partial charge in [-0.05, 0) is 42.7 Å². The Labute approximate surface area is 157 Å². The molecule has 0 spiro atoms. The lowest BCUT2D eigenvalue weighted by atomic mass is 10.1. The van der Waals surface area contributed by atoms with Crippen molar-refractivity contribution in [2.45, 2.75) is 19.4 Å². The number of aromatic nitrogens is 2. The van der Waals surface area contributed by atoms with Crippen molar-refractivity contribution in [3.05, 3.63) is 84.2 Å². The van der Waals surface area contributed by atoms with Gasteiger partial charge in [-0.1, -0.05) is 24.3 Å². The molecule has 1 aliphatic heterocycles. The molecule has 0 N–H and O–H groups in total. The third-order valence-electron chi connectivity index (χ3n) is 4.48. The summed E-state index contributed by atoms with van der Waals surface area (Å²) in [5.74, 6) is 1.21. The highest BCUT2D eigenvalue weighted by molar-refractivity contribution is 6.02. The normalized spacial score (nSPS) is 14.6. The Morgan fingerprint density at radius 2 is 1.96 bits per heavy atom. The van der Waals surface area contributed by atoms with Crippen molar-refractivity contribution in [3.8, 4) is 5.75 Å². The van der Waals surface area contributed by atoms with Gasteiger partial charge in [0.15, 0.2) is 5.84 Å². The summed E-state index contributed by atoms with van der Waals surface area (Å²) >= 11 is 0. The van der Waals surface area contributed by atoms with E-state index in [1.807, 2.05) is 41.1 Å². The van der Waals surface area contributed by atoms with E-state index in [2.05, 4.69) is 9.99 Å². The highest BCUT2D eigenvalue weighted by atomic mass is 19.1. The third kappa shape index (κ3) is 4.16. The molecule has 3 aromatic rings. The molecule has 0 atom stereocenters. The van der Waals surface area contributed by atoms with E-state index in [-0.39, 0.29) is 12.4 Å². The van der Waals surface area contributed by atoms with Crippen LogP contribution in [0.25, 0.3) is 0 Å². The Morgan fingerprint density at radius 3 is 2.74 bits per heavy atom. The first-order valence-corrected chi connectivity index (χ1v) is 9.08. The van der Waals surface area contributed by atoms with E-state index >= 15 is 0 Å². The molecule has 2 aromatic carbocycles. The minimum absolute atomic E-state index is 0.265. The average molecular weight is 364 g/mol. The third-order valence-corrected chi connectivity index (χ3v) is 4.48. The van der Waals surface area contributed by atoms with Crippen LogP contribution in [-0.2, 0) is 6.61 Å². The number of hydrogen-bond donors (Lipinski definition) is 0. The van der Waals surface area contributed by atoms with Crippen molar-refractivity contribution < 1.29 is 9.13 Å². The highest BCUT2D eigenvalue weighted by Gasteiger charge is 2.16. The largest absolute Gasteiger partial charge is 0.488 e. The molecular weight excluding hydrogens is 343 g/mol. The zero-order valence-corrected chi connectivity index (χ0v) is 15.0. The monoisotopic (exact) mass is 364 g/mol. The van der Waals surface area contributed by atoms with Crippen molar-refractivity contribution in [2.24, 2.45) is 5.10 Å². The summed E-state index contributed by atoms with van der Waals surface area (Å²) in [6.45, 7) is 2.19. The van der Waals surface area contributed by atoms with E-state index in [1.54, 1.807) is 18.6 Å². The molecule has 5 nitrogen and oxygen atoms in total. The summed E-state index contributed by atoms with van der Waals surface area (Å²) in [4.78, 5) is 4.16. The summed E-state index contributed by atoms with van der Waals surface area (Å²) in [7, 11) is 0. The van der Waals surface area contributed by atoms with Gasteiger partial charge in [0.2, 0.25) is 0 Å². The van der Waals surface area contributed by atoms with Gasteiger partial charge in [0.1, 0.15) is 24.5 Å². The number of halogens is 1. The molecule has 1 saturated heterocycles. The number of rotatable bonds is 5. The van der Waals surface area contributed by atoms with E-state index in [0.29, 0.717) is 5.75 Å². The van der Waals surface area contributed by atoms with Gasteiger partial charge in [0.25, 0.3) is 0 Å². The number of ether oxygens (including phenoxy) is 1. The number of para-hydroxylation sites is 1. The van der Waals surface area contributed by atoms with E-state index in [9.17, 15) is 4.39 Å². The smallest absolute Gasteiger partial charge is 0.169 e. The molecule has 27 heavy (non-hydrogen) atoms. The second kappa shape index (κ2) is 8.03. The van der Waals surface area contributed by atoms with Crippen molar-refractivity contribution >= 4 is 5.84 Å². The van der Waals surface area contributed by atoms with Gasteiger partial charge in [-0.25, -0.2) is 9.37 Å². The van der Waals surface area contributed by atoms with Crippen LogP contribution in [0.1, 0.15) is 24.0 Å². The number of imidazole rings is 1. The topological polar surface area (TPSA) is 42.6 Å². The van der Waals surface area contributed by atoms with Gasteiger partial charge in [-0.2, -0.15) is 5.10 Å². The van der Waals surface area contributed by atoms with Crippen LogP contribution in [0, 0.1) is 5.82 Å². The van der Waals surface area contributed by atoms with Crippen LogP contribution in [0.2, 0.25) is 0 Å². The molecule has 0 bridgehead atoms. The first kappa shape index (κ1) is 17.3. The first-order valence-electron chi connectivity index (χ1n) is 9.08. The highest BCUT2D eigenvalue weighted by Crippen LogP contribution is 2.22. The van der Waals surface area contributed by atoms with Crippen LogP contribution in [0.15, 0.2) is 72.4 Å². The van der Waals surface area contributed by atoms with Crippen molar-refractivity contribution in [1.82, 2.24) is 14.6 Å². The summed E-state index contributed by atoms with van der Waals surface area (Å²) in [6.07, 6.45) is 7.64. The van der Waals surface area contributed by atoms with E-state index in [1.165, 1.54) is 12.1 Å². The van der Waals surface area contributed by atoms with Crippen LogP contribution in [0.3, 0.4) is 0 Å². The van der Waals surface area contributed by atoms with Crippen LogP contribution in [0.5, 0.6) is 5.75 Å². The Kier molecular flexibility index (Phi) is 5.14. The molecule has 1 aromatic heterocycles. The molecule has 2 heterocycles. The Hall–Kier alpha value is -3.15. The van der Waals surface area contributed by atoms with Crippen molar-refractivity contribution in [3.63, 3.8) is 0 Å². The lowest BCUT2D eigenvalue weighted by Crippen LogP contribution is -2.21. The molecule has 1 fully saturated rings. The number of hydrogen-bond acceptors (Lipinski definition) is 4. The minimum Gasteiger partial charge on any atom is -0.488 e. The lowest BCUT2D eigenvalue weighted by Gasteiger charge is -2.17. The molecule has 0 radical (unpaired) electrons.